The summed E-state index contributed by atoms with van der Waals surface area (Å²) in [6, 6.07) is 9.54. The first-order valence-electron chi connectivity index (χ1n) is 9.21. The second kappa shape index (κ2) is 6.58. The molecule has 2 fully saturated rings. The summed E-state index contributed by atoms with van der Waals surface area (Å²) >= 11 is 0. The van der Waals surface area contributed by atoms with Gasteiger partial charge in [-0.15, -0.1) is 0 Å². The van der Waals surface area contributed by atoms with E-state index in [1.807, 2.05) is 13.0 Å². The van der Waals surface area contributed by atoms with Crippen LogP contribution in [0.15, 0.2) is 30.3 Å². The van der Waals surface area contributed by atoms with E-state index >= 15 is 0 Å². The highest BCUT2D eigenvalue weighted by molar-refractivity contribution is 5.49. The van der Waals surface area contributed by atoms with Crippen LogP contribution in [0.5, 0.6) is 0 Å². The summed E-state index contributed by atoms with van der Waals surface area (Å²) in [5, 5.41) is 20.2. The predicted octanol–water partition coefficient (Wildman–Crippen LogP) is 3.64. The van der Waals surface area contributed by atoms with Crippen molar-refractivity contribution in [1.82, 2.24) is 4.98 Å². The van der Waals surface area contributed by atoms with Crippen LogP contribution in [-0.4, -0.2) is 27.8 Å². The van der Waals surface area contributed by atoms with Crippen molar-refractivity contribution in [3.05, 3.63) is 58.8 Å². The molecule has 0 radical (unpaired) electrons. The Kier molecular flexibility index (Phi) is 4.35. The van der Waals surface area contributed by atoms with Gasteiger partial charge in [-0.1, -0.05) is 6.07 Å². The molecule has 2 aromatic rings. The van der Waals surface area contributed by atoms with Crippen LogP contribution in [-0.2, 0) is 6.42 Å². The standard InChI is InChI=1S/C21H21F2N3O/c1-13-15(12-24)3-7-20(25-13)26-17-5-6-18(26)11-21(27,10-17)9-14-2-4-16(22)8-19(14)23/h2-4,7-8,17-18,27H,5-6,9-11H2,1H3. The highest BCUT2D eigenvalue weighted by Crippen LogP contribution is 2.44. The number of aromatic nitrogens is 1. The number of hydrogen-bond acceptors (Lipinski definition) is 4. The van der Waals surface area contributed by atoms with E-state index in [9.17, 15) is 13.9 Å². The van der Waals surface area contributed by atoms with Crippen LogP contribution in [0.3, 0.4) is 0 Å². The first-order valence-corrected chi connectivity index (χ1v) is 9.21. The molecule has 2 saturated heterocycles. The lowest BCUT2D eigenvalue weighted by atomic mass is 9.81. The number of benzene rings is 1. The molecule has 2 aliphatic rings. The van der Waals surface area contributed by atoms with Crippen molar-refractivity contribution < 1.29 is 13.9 Å². The summed E-state index contributed by atoms with van der Waals surface area (Å²) in [7, 11) is 0. The number of hydrogen-bond donors (Lipinski definition) is 1. The van der Waals surface area contributed by atoms with Gasteiger partial charge in [-0.25, -0.2) is 13.8 Å². The number of aliphatic hydroxyl groups is 1. The average Bonchev–Trinajstić information content (AvgIpc) is 2.90. The van der Waals surface area contributed by atoms with E-state index in [4.69, 9.17) is 5.26 Å². The van der Waals surface area contributed by atoms with Gasteiger partial charge in [-0.05, 0) is 56.4 Å². The lowest BCUT2D eigenvalue weighted by molar-refractivity contribution is 0.00127. The monoisotopic (exact) mass is 369 g/mol. The SMILES string of the molecule is Cc1nc(N2C3CCC2CC(O)(Cc2ccc(F)cc2F)C3)ccc1C#N. The van der Waals surface area contributed by atoms with Crippen LogP contribution in [0.1, 0.15) is 42.5 Å². The molecule has 1 N–H and O–H groups in total. The van der Waals surface area contributed by atoms with E-state index in [2.05, 4.69) is 16.0 Å². The van der Waals surface area contributed by atoms with Crippen molar-refractivity contribution in [1.29, 1.82) is 5.26 Å². The lowest BCUT2D eigenvalue weighted by Gasteiger charge is -2.44. The van der Waals surface area contributed by atoms with Gasteiger partial charge < -0.3 is 10.0 Å². The van der Waals surface area contributed by atoms with E-state index in [0.717, 1.165) is 24.7 Å². The van der Waals surface area contributed by atoms with E-state index in [0.29, 0.717) is 29.7 Å². The maximum atomic E-state index is 14.0. The van der Waals surface area contributed by atoms with Crippen LogP contribution in [0, 0.1) is 29.9 Å². The largest absolute Gasteiger partial charge is 0.389 e. The molecule has 4 rings (SSSR count). The van der Waals surface area contributed by atoms with Crippen LogP contribution >= 0.6 is 0 Å². The van der Waals surface area contributed by atoms with Gasteiger partial charge in [0, 0.05) is 24.6 Å². The Balaban J connectivity index is 1.56. The summed E-state index contributed by atoms with van der Waals surface area (Å²) in [6.07, 6.45) is 3.10. The molecule has 2 bridgehead atoms. The Morgan fingerprint density at radius 2 is 1.93 bits per heavy atom. The number of nitrogens with zero attached hydrogens (tertiary/aromatic N) is 3. The summed E-state index contributed by atoms with van der Waals surface area (Å²) in [4.78, 5) is 6.82. The molecule has 0 aliphatic carbocycles. The van der Waals surface area contributed by atoms with E-state index in [1.54, 1.807) is 6.07 Å². The molecule has 140 valence electrons. The maximum absolute atomic E-state index is 14.0. The molecule has 2 atom stereocenters. The number of aryl methyl sites for hydroxylation is 1. The molecule has 0 spiro atoms. The topological polar surface area (TPSA) is 60.1 Å². The minimum absolute atomic E-state index is 0.122. The smallest absolute Gasteiger partial charge is 0.129 e. The maximum Gasteiger partial charge on any atom is 0.129 e. The predicted molar refractivity (Wildman–Crippen MR) is 97.2 cm³/mol. The van der Waals surface area contributed by atoms with Crippen molar-refractivity contribution in [3.63, 3.8) is 0 Å². The highest BCUT2D eigenvalue weighted by atomic mass is 19.1. The first-order chi connectivity index (χ1) is 12.9. The summed E-state index contributed by atoms with van der Waals surface area (Å²) in [6.45, 7) is 1.82. The van der Waals surface area contributed by atoms with Crippen molar-refractivity contribution in [2.45, 2.75) is 56.7 Å². The third-order valence-electron chi connectivity index (χ3n) is 5.84. The number of anilines is 1. The normalized spacial score (nSPS) is 26.9. The fraction of sp³-hybridized carbons (Fsp3) is 0.429. The quantitative estimate of drug-likeness (QED) is 0.897. The molecule has 1 aromatic carbocycles. The minimum Gasteiger partial charge on any atom is -0.389 e. The zero-order valence-corrected chi connectivity index (χ0v) is 15.1. The van der Waals surface area contributed by atoms with Crippen LogP contribution in [0.4, 0.5) is 14.6 Å². The second-order valence-electron chi connectivity index (χ2n) is 7.75. The molecule has 6 heteroatoms. The van der Waals surface area contributed by atoms with Gasteiger partial charge in [0.05, 0.1) is 16.9 Å². The molecule has 4 nitrogen and oxygen atoms in total. The number of rotatable bonds is 3. The Morgan fingerprint density at radius 1 is 1.22 bits per heavy atom. The summed E-state index contributed by atoms with van der Waals surface area (Å²) < 4.78 is 27.2. The number of halogens is 2. The zero-order valence-electron chi connectivity index (χ0n) is 15.1. The van der Waals surface area contributed by atoms with Gasteiger partial charge in [0.1, 0.15) is 23.5 Å². The van der Waals surface area contributed by atoms with E-state index < -0.39 is 17.2 Å². The third kappa shape index (κ3) is 3.28. The van der Waals surface area contributed by atoms with Crippen molar-refractivity contribution in [3.8, 4) is 6.07 Å². The number of nitriles is 1. The van der Waals surface area contributed by atoms with Crippen LogP contribution in [0.2, 0.25) is 0 Å². The molecule has 1 aromatic heterocycles. The highest BCUT2D eigenvalue weighted by Gasteiger charge is 2.48. The average molecular weight is 369 g/mol. The summed E-state index contributed by atoms with van der Waals surface area (Å²) in [5.74, 6) is -0.392. The molecule has 27 heavy (non-hydrogen) atoms. The molecular weight excluding hydrogens is 348 g/mol. The third-order valence-corrected chi connectivity index (χ3v) is 5.84. The van der Waals surface area contributed by atoms with Gasteiger partial charge in [-0.2, -0.15) is 5.26 Å². The first kappa shape index (κ1) is 17.9. The van der Waals surface area contributed by atoms with Crippen LogP contribution < -0.4 is 4.90 Å². The van der Waals surface area contributed by atoms with Gasteiger partial charge in [-0.3, -0.25) is 0 Å². The van der Waals surface area contributed by atoms with E-state index in [1.165, 1.54) is 12.1 Å². The lowest BCUT2D eigenvalue weighted by Crippen LogP contribution is -2.52. The Hall–Kier alpha value is -2.52. The van der Waals surface area contributed by atoms with E-state index in [-0.39, 0.29) is 18.5 Å². The number of pyridine rings is 1. The Morgan fingerprint density at radius 3 is 2.52 bits per heavy atom. The minimum atomic E-state index is -1.01. The van der Waals surface area contributed by atoms with Crippen molar-refractivity contribution in [2.24, 2.45) is 0 Å². The van der Waals surface area contributed by atoms with Gasteiger partial charge in [0.15, 0.2) is 0 Å². The fourth-order valence-electron chi connectivity index (χ4n) is 4.67. The molecule has 0 amide bonds. The fourth-order valence-corrected chi connectivity index (χ4v) is 4.67. The van der Waals surface area contributed by atoms with Crippen molar-refractivity contribution >= 4 is 5.82 Å². The molecule has 2 aliphatic heterocycles. The van der Waals surface area contributed by atoms with Crippen molar-refractivity contribution in [2.75, 3.05) is 4.90 Å². The number of piperidine rings is 1. The zero-order chi connectivity index (χ0) is 19.2. The Labute approximate surface area is 157 Å². The Bertz CT molecular complexity index is 910. The van der Waals surface area contributed by atoms with Gasteiger partial charge in [0.2, 0.25) is 0 Å². The molecule has 2 unspecified atom stereocenters. The number of fused-ring (bicyclic) bond motifs is 2. The summed E-state index contributed by atoms with van der Waals surface area (Å²) in [5.41, 5.74) is 0.594. The molecule has 3 heterocycles. The second-order valence-corrected chi connectivity index (χ2v) is 7.75. The molecule has 0 saturated carbocycles. The van der Waals surface area contributed by atoms with Crippen LogP contribution in [0.25, 0.3) is 0 Å². The molecular formula is C21H21F2N3O. The van der Waals surface area contributed by atoms with Gasteiger partial charge in [0.25, 0.3) is 0 Å². The van der Waals surface area contributed by atoms with Gasteiger partial charge >= 0.3 is 0 Å².